The number of guanidine groups is 1. The summed E-state index contributed by atoms with van der Waals surface area (Å²) in [5, 5.41) is 9.97. The number of aryl methyl sites for hydroxylation is 1. The smallest absolute Gasteiger partial charge is 0.191 e. The molecule has 24 heavy (non-hydrogen) atoms. The Kier molecular flexibility index (Phi) is 6.79. The molecule has 0 bridgehead atoms. The number of aliphatic imine (C=N–C) groups is 1. The Hall–Kier alpha value is -1.88. The van der Waals surface area contributed by atoms with Gasteiger partial charge < -0.3 is 10.6 Å². The first-order valence-electron chi connectivity index (χ1n) is 8.45. The van der Waals surface area contributed by atoms with E-state index in [2.05, 4.69) is 78.0 Å². The van der Waals surface area contributed by atoms with Crippen molar-refractivity contribution in [3.63, 3.8) is 0 Å². The predicted octanol–water partition coefficient (Wildman–Crippen LogP) is 4.04. The van der Waals surface area contributed by atoms with Gasteiger partial charge in [-0.2, -0.15) is 0 Å². The Bertz CT molecular complexity index is 658. The van der Waals surface area contributed by atoms with Crippen molar-refractivity contribution < 1.29 is 0 Å². The van der Waals surface area contributed by atoms with Crippen LogP contribution in [0.25, 0.3) is 0 Å². The van der Waals surface area contributed by atoms with Gasteiger partial charge in [0.1, 0.15) is 5.01 Å². The molecule has 0 fully saturated rings. The van der Waals surface area contributed by atoms with E-state index in [1.165, 1.54) is 11.1 Å². The van der Waals surface area contributed by atoms with Gasteiger partial charge in [-0.3, -0.25) is 4.99 Å². The summed E-state index contributed by atoms with van der Waals surface area (Å²) in [6.07, 6.45) is 0. The minimum Gasteiger partial charge on any atom is -0.356 e. The third-order valence-electron chi connectivity index (χ3n) is 4.01. The molecule has 1 heterocycles. The third-order valence-corrected chi connectivity index (χ3v) is 4.88. The van der Waals surface area contributed by atoms with Gasteiger partial charge in [-0.25, -0.2) is 4.98 Å². The fourth-order valence-electron chi connectivity index (χ4n) is 2.31. The molecule has 0 saturated heterocycles. The number of hydrogen-bond acceptors (Lipinski definition) is 3. The zero-order chi connectivity index (χ0) is 17.5. The van der Waals surface area contributed by atoms with Gasteiger partial charge in [0, 0.05) is 19.0 Å². The van der Waals surface area contributed by atoms with Crippen LogP contribution < -0.4 is 10.6 Å². The molecule has 1 unspecified atom stereocenters. The fourth-order valence-corrected chi connectivity index (χ4v) is 3.21. The van der Waals surface area contributed by atoms with Gasteiger partial charge in [0.25, 0.3) is 0 Å². The van der Waals surface area contributed by atoms with E-state index in [4.69, 9.17) is 0 Å². The first kappa shape index (κ1) is 18.5. The summed E-state index contributed by atoms with van der Waals surface area (Å²) in [6, 6.07) is 8.71. The standard InChI is InChI=1S/C19H28N4S/c1-13(2)17-12-24-18(23-17)11-22-19(20-5)21-10-15(4)16-8-6-14(3)7-9-16/h6-9,12-13,15H,10-11H2,1-5H3,(H2,20,21,22). The second-order valence-electron chi connectivity index (χ2n) is 6.44. The van der Waals surface area contributed by atoms with Crippen molar-refractivity contribution in [3.8, 4) is 0 Å². The van der Waals surface area contributed by atoms with E-state index in [0.717, 1.165) is 23.2 Å². The van der Waals surface area contributed by atoms with E-state index < -0.39 is 0 Å². The van der Waals surface area contributed by atoms with E-state index in [9.17, 15) is 0 Å². The molecule has 5 heteroatoms. The van der Waals surface area contributed by atoms with Gasteiger partial charge in [-0.05, 0) is 24.3 Å². The highest BCUT2D eigenvalue weighted by molar-refractivity contribution is 7.09. The SMILES string of the molecule is CN=C(NCc1nc(C(C)C)cs1)NCC(C)c1ccc(C)cc1. The Morgan fingerprint density at radius 2 is 1.88 bits per heavy atom. The first-order chi connectivity index (χ1) is 11.5. The molecule has 0 aliphatic rings. The quantitative estimate of drug-likeness (QED) is 0.614. The summed E-state index contributed by atoms with van der Waals surface area (Å²) in [6.45, 7) is 10.2. The summed E-state index contributed by atoms with van der Waals surface area (Å²) in [5.74, 6) is 1.72. The van der Waals surface area contributed by atoms with E-state index in [1.807, 2.05) is 0 Å². The lowest BCUT2D eigenvalue weighted by atomic mass is 10.0. The molecular formula is C19H28N4S. The van der Waals surface area contributed by atoms with Crippen LogP contribution >= 0.6 is 11.3 Å². The minimum absolute atomic E-state index is 0.427. The van der Waals surface area contributed by atoms with Gasteiger partial charge in [-0.15, -0.1) is 11.3 Å². The maximum absolute atomic E-state index is 4.64. The second kappa shape index (κ2) is 8.83. The molecule has 0 aliphatic heterocycles. The number of aromatic nitrogens is 1. The number of nitrogens with one attached hydrogen (secondary N) is 2. The van der Waals surface area contributed by atoms with E-state index in [1.54, 1.807) is 18.4 Å². The normalized spacial score (nSPS) is 13.2. The number of nitrogens with zero attached hydrogens (tertiary/aromatic N) is 2. The highest BCUT2D eigenvalue weighted by Gasteiger charge is 2.08. The fraction of sp³-hybridized carbons (Fsp3) is 0.474. The van der Waals surface area contributed by atoms with Crippen LogP contribution in [0.4, 0.5) is 0 Å². The molecule has 0 spiro atoms. The Balaban J connectivity index is 1.82. The average Bonchev–Trinajstić information content (AvgIpc) is 3.04. The predicted molar refractivity (Wildman–Crippen MR) is 104 cm³/mol. The maximum atomic E-state index is 4.64. The molecule has 2 rings (SSSR count). The largest absolute Gasteiger partial charge is 0.356 e. The van der Waals surface area contributed by atoms with Crippen LogP contribution in [0.3, 0.4) is 0 Å². The molecule has 0 amide bonds. The zero-order valence-electron chi connectivity index (χ0n) is 15.3. The first-order valence-corrected chi connectivity index (χ1v) is 9.33. The molecule has 0 radical (unpaired) electrons. The van der Waals surface area contributed by atoms with Gasteiger partial charge >= 0.3 is 0 Å². The van der Waals surface area contributed by atoms with Crippen molar-refractivity contribution in [2.45, 2.75) is 46.1 Å². The number of benzene rings is 1. The van der Waals surface area contributed by atoms with E-state index >= 15 is 0 Å². The lowest BCUT2D eigenvalue weighted by molar-refractivity contribution is 0.697. The number of rotatable bonds is 6. The summed E-state index contributed by atoms with van der Waals surface area (Å²) in [5.41, 5.74) is 3.79. The van der Waals surface area contributed by atoms with Crippen LogP contribution in [0.1, 0.15) is 54.4 Å². The van der Waals surface area contributed by atoms with E-state index in [0.29, 0.717) is 18.4 Å². The maximum Gasteiger partial charge on any atom is 0.191 e. The summed E-state index contributed by atoms with van der Waals surface area (Å²) < 4.78 is 0. The molecule has 2 N–H and O–H groups in total. The monoisotopic (exact) mass is 344 g/mol. The molecule has 1 aromatic heterocycles. The van der Waals surface area contributed by atoms with Crippen molar-refractivity contribution in [2.24, 2.45) is 4.99 Å². The van der Waals surface area contributed by atoms with Crippen LogP contribution in [0, 0.1) is 6.92 Å². The molecular weight excluding hydrogens is 316 g/mol. The highest BCUT2D eigenvalue weighted by atomic mass is 32.1. The number of thiazole rings is 1. The van der Waals surface area contributed by atoms with Gasteiger partial charge in [0.2, 0.25) is 0 Å². The average molecular weight is 345 g/mol. The molecule has 130 valence electrons. The minimum atomic E-state index is 0.427. The molecule has 0 aliphatic carbocycles. The topological polar surface area (TPSA) is 49.3 Å². The summed E-state index contributed by atoms with van der Waals surface area (Å²) in [7, 11) is 1.80. The van der Waals surface area contributed by atoms with Crippen molar-refractivity contribution >= 4 is 17.3 Å². The Morgan fingerprint density at radius 3 is 2.46 bits per heavy atom. The zero-order valence-corrected chi connectivity index (χ0v) is 16.1. The van der Waals surface area contributed by atoms with Gasteiger partial charge in [-0.1, -0.05) is 50.6 Å². The Labute approximate surface area is 149 Å². The molecule has 1 atom stereocenters. The molecule has 0 saturated carbocycles. The third kappa shape index (κ3) is 5.34. The van der Waals surface area contributed by atoms with Crippen molar-refractivity contribution in [3.05, 3.63) is 51.5 Å². The van der Waals surface area contributed by atoms with Crippen LogP contribution in [0.2, 0.25) is 0 Å². The van der Waals surface area contributed by atoms with Crippen molar-refractivity contribution in [1.82, 2.24) is 15.6 Å². The van der Waals surface area contributed by atoms with Gasteiger partial charge in [0.05, 0.1) is 12.2 Å². The van der Waals surface area contributed by atoms with Crippen LogP contribution in [0.5, 0.6) is 0 Å². The van der Waals surface area contributed by atoms with Crippen molar-refractivity contribution in [1.29, 1.82) is 0 Å². The van der Waals surface area contributed by atoms with E-state index in [-0.39, 0.29) is 0 Å². The lowest BCUT2D eigenvalue weighted by Crippen LogP contribution is -2.38. The lowest BCUT2D eigenvalue weighted by Gasteiger charge is -2.16. The van der Waals surface area contributed by atoms with Crippen LogP contribution in [-0.2, 0) is 6.54 Å². The van der Waals surface area contributed by atoms with Gasteiger partial charge in [0.15, 0.2) is 5.96 Å². The number of hydrogen-bond donors (Lipinski definition) is 2. The summed E-state index contributed by atoms with van der Waals surface area (Å²) >= 11 is 1.70. The Morgan fingerprint density at radius 1 is 1.17 bits per heavy atom. The summed E-state index contributed by atoms with van der Waals surface area (Å²) in [4.78, 5) is 8.94. The molecule has 4 nitrogen and oxygen atoms in total. The highest BCUT2D eigenvalue weighted by Crippen LogP contribution is 2.17. The van der Waals surface area contributed by atoms with Crippen LogP contribution in [0.15, 0.2) is 34.6 Å². The second-order valence-corrected chi connectivity index (χ2v) is 7.38. The molecule has 2 aromatic rings. The molecule has 1 aromatic carbocycles. The van der Waals surface area contributed by atoms with Crippen LogP contribution in [-0.4, -0.2) is 24.5 Å². The van der Waals surface area contributed by atoms with Crippen molar-refractivity contribution in [2.75, 3.05) is 13.6 Å².